The second kappa shape index (κ2) is 7.36. The normalized spacial score (nSPS) is 13.6. The fourth-order valence-electron chi connectivity index (χ4n) is 3.68. The predicted octanol–water partition coefficient (Wildman–Crippen LogP) is 3.77. The minimum atomic E-state index is -0.362. The molecule has 2 aromatic carbocycles. The molecule has 1 aliphatic rings. The van der Waals surface area contributed by atoms with Crippen LogP contribution in [0, 0.1) is 5.82 Å². The van der Waals surface area contributed by atoms with E-state index in [9.17, 15) is 9.18 Å². The lowest BCUT2D eigenvalue weighted by molar-refractivity contribution is -0.129. The van der Waals surface area contributed by atoms with Crippen molar-refractivity contribution in [3.8, 4) is 11.4 Å². The third-order valence-electron chi connectivity index (χ3n) is 5.15. The van der Waals surface area contributed by atoms with Gasteiger partial charge in [0, 0.05) is 41.7 Å². The summed E-state index contributed by atoms with van der Waals surface area (Å²) in [6, 6.07) is 14.6. The third-order valence-corrected chi connectivity index (χ3v) is 5.99. The van der Waals surface area contributed by atoms with E-state index in [2.05, 4.69) is 32.3 Å². The van der Waals surface area contributed by atoms with Crippen LogP contribution in [-0.2, 0) is 17.8 Å². The molecule has 0 bridgehead atoms. The van der Waals surface area contributed by atoms with Gasteiger partial charge >= 0.3 is 0 Å². The molecular weight excluding hydrogens is 389 g/mol. The standard InChI is InChI=1S/C21H18FN5OS/c22-16-7-3-1-6-14(16)20-24-21(26-25-20)29-12-19(28)27-10-9-18-15(11-27)13-5-2-4-8-17(13)23-18/h1-8,23H,9-12H2,(H,24,25,26). The van der Waals surface area contributed by atoms with Crippen molar-refractivity contribution >= 4 is 28.6 Å². The monoisotopic (exact) mass is 407 g/mol. The van der Waals surface area contributed by atoms with Crippen molar-refractivity contribution < 1.29 is 9.18 Å². The van der Waals surface area contributed by atoms with Crippen LogP contribution < -0.4 is 0 Å². The molecule has 0 aliphatic carbocycles. The Hall–Kier alpha value is -3.13. The maximum Gasteiger partial charge on any atom is 0.233 e. The van der Waals surface area contributed by atoms with Gasteiger partial charge in [-0.1, -0.05) is 42.1 Å². The van der Waals surface area contributed by atoms with E-state index in [0.717, 1.165) is 11.9 Å². The molecule has 2 N–H and O–H groups in total. The number of hydrogen-bond acceptors (Lipinski definition) is 4. The molecule has 1 amide bonds. The first-order chi connectivity index (χ1) is 14.2. The number of rotatable bonds is 4. The van der Waals surface area contributed by atoms with Gasteiger partial charge in [-0.25, -0.2) is 9.37 Å². The number of nitrogens with zero attached hydrogens (tertiary/aromatic N) is 3. The highest BCUT2D eigenvalue weighted by molar-refractivity contribution is 7.99. The molecule has 0 unspecified atom stereocenters. The summed E-state index contributed by atoms with van der Waals surface area (Å²) in [5.41, 5.74) is 3.89. The summed E-state index contributed by atoms with van der Waals surface area (Å²) in [4.78, 5) is 22.4. The van der Waals surface area contributed by atoms with Crippen LogP contribution >= 0.6 is 11.8 Å². The van der Waals surface area contributed by atoms with Crippen molar-refractivity contribution in [2.45, 2.75) is 18.1 Å². The van der Waals surface area contributed by atoms with Gasteiger partial charge in [-0.15, -0.1) is 5.10 Å². The smallest absolute Gasteiger partial charge is 0.233 e. The molecule has 1 aliphatic heterocycles. The van der Waals surface area contributed by atoms with Gasteiger partial charge in [0.2, 0.25) is 11.1 Å². The first-order valence-corrected chi connectivity index (χ1v) is 10.3. The van der Waals surface area contributed by atoms with Gasteiger partial charge in [0.25, 0.3) is 0 Å². The fourth-order valence-corrected chi connectivity index (χ4v) is 4.38. The summed E-state index contributed by atoms with van der Waals surface area (Å²) in [5, 5.41) is 8.46. The Balaban J connectivity index is 1.26. The van der Waals surface area contributed by atoms with Crippen LogP contribution in [0.1, 0.15) is 11.3 Å². The summed E-state index contributed by atoms with van der Waals surface area (Å²) in [5.74, 6) is 0.286. The van der Waals surface area contributed by atoms with Crippen LogP contribution in [0.5, 0.6) is 0 Å². The Morgan fingerprint density at radius 3 is 2.90 bits per heavy atom. The van der Waals surface area contributed by atoms with Crippen LogP contribution in [0.25, 0.3) is 22.3 Å². The number of thioether (sulfide) groups is 1. The summed E-state index contributed by atoms with van der Waals surface area (Å²) < 4.78 is 13.9. The Morgan fingerprint density at radius 2 is 2.00 bits per heavy atom. The average molecular weight is 407 g/mol. The molecular formula is C21H18FN5OS. The first kappa shape index (κ1) is 17.9. The van der Waals surface area contributed by atoms with E-state index in [-0.39, 0.29) is 17.5 Å². The number of H-pyrrole nitrogens is 2. The second-order valence-corrected chi connectivity index (χ2v) is 7.87. The van der Waals surface area contributed by atoms with Gasteiger partial charge in [0.15, 0.2) is 5.82 Å². The zero-order chi connectivity index (χ0) is 19.8. The molecule has 4 aromatic rings. The summed E-state index contributed by atoms with van der Waals surface area (Å²) >= 11 is 1.26. The number of para-hydroxylation sites is 1. The number of hydrogen-bond donors (Lipinski definition) is 2. The van der Waals surface area contributed by atoms with Crippen molar-refractivity contribution in [1.82, 2.24) is 25.1 Å². The van der Waals surface area contributed by atoms with E-state index >= 15 is 0 Å². The van der Waals surface area contributed by atoms with Crippen molar-refractivity contribution in [2.24, 2.45) is 0 Å². The van der Waals surface area contributed by atoms with Crippen molar-refractivity contribution in [3.05, 3.63) is 65.6 Å². The number of aromatic amines is 2. The van der Waals surface area contributed by atoms with Gasteiger partial charge in [-0.2, -0.15) is 0 Å². The molecule has 5 rings (SSSR count). The lowest BCUT2D eigenvalue weighted by atomic mass is 10.0. The zero-order valence-corrected chi connectivity index (χ0v) is 16.3. The van der Waals surface area contributed by atoms with Crippen molar-refractivity contribution in [2.75, 3.05) is 12.3 Å². The molecule has 3 heterocycles. The van der Waals surface area contributed by atoms with Gasteiger partial charge in [0.1, 0.15) is 5.82 Å². The highest BCUT2D eigenvalue weighted by Gasteiger charge is 2.24. The molecule has 0 fully saturated rings. The average Bonchev–Trinajstić information content (AvgIpc) is 3.36. The maximum absolute atomic E-state index is 13.9. The molecule has 0 saturated carbocycles. The maximum atomic E-state index is 13.9. The fraction of sp³-hybridized carbons (Fsp3) is 0.190. The van der Waals surface area contributed by atoms with Crippen LogP contribution in [0.15, 0.2) is 53.7 Å². The number of halogens is 1. The van der Waals surface area contributed by atoms with Crippen molar-refractivity contribution in [1.29, 1.82) is 0 Å². The van der Waals surface area contributed by atoms with Gasteiger partial charge in [0.05, 0.1) is 11.3 Å². The lowest BCUT2D eigenvalue weighted by Crippen LogP contribution is -2.36. The number of nitrogens with one attached hydrogen (secondary N) is 2. The molecule has 6 nitrogen and oxygen atoms in total. The number of carbonyl (C=O) groups excluding carboxylic acids is 1. The van der Waals surface area contributed by atoms with Crippen LogP contribution in [0.2, 0.25) is 0 Å². The number of amides is 1. The predicted molar refractivity (Wildman–Crippen MR) is 110 cm³/mol. The van der Waals surface area contributed by atoms with E-state index in [1.54, 1.807) is 18.2 Å². The topological polar surface area (TPSA) is 77.7 Å². The molecule has 0 spiro atoms. The van der Waals surface area contributed by atoms with E-state index in [4.69, 9.17) is 0 Å². The summed E-state index contributed by atoms with van der Waals surface area (Å²) in [6.45, 7) is 1.29. The highest BCUT2D eigenvalue weighted by Crippen LogP contribution is 2.28. The highest BCUT2D eigenvalue weighted by atomic mass is 32.2. The number of benzene rings is 2. The molecule has 146 valence electrons. The minimum Gasteiger partial charge on any atom is -0.358 e. The third kappa shape index (κ3) is 3.40. The Labute approximate surface area is 170 Å². The molecule has 8 heteroatoms. The van der Waals surface area contributed by atoms with Crippen LogP contribution in [0.3, 0.4) is 0 Å². The van der Waals surface area contributed by atoms with E-state index in [0.29, 0.717) is 29.6 Å². The van der Waals surface area contributed by atoms with Gasteiger partial charge in [-0.05, 0) is 18.2 Å². The Morgan fingerprint density at radius 1 is 1.17 bits per heavy atom. The zero-order valence-electron chi connectivity index (χ0n) is 15.5. The minimum absolute atomic E-state index is 0.0446. The molecule has 0 radical (unpaired) electrons. The quantitative estimate of drug-likeness (QED) is 0.505. The Bertz CT molecular complexity index is 1200. The van der Waals surface area contributed by atoms with E-state index < -0.39 is 0 Å². The van der Waals surface area contributed by atoms with E-state index in [1.165, 1.54) is 34.5 Å². The first-order valence-electron chi connectivity index (χ1n) is 9.35. The molecule has 0 atom stereocenters. The van der Waals surface area contributed by atoms with Crippen LogP contribution in [-0.4, -0.2) is 43.3 Å². The van der Waals surface area contributed by atoms with Crippen LogP contribution in [0.4, 0.5) is 4.39 Å². The summed E-state index contributed by atoms with van der Waals surface area (Å²) in [6.07, 6.45) is 0.818. The summed E-state index contributed by atoms with van der Waals surface area (Å²) in [7, 11) is 0. The number of carbonyl (C=O) groups is 1. The second-order valence-electron chi connectivity index (χ2n) is 6.93. The largest absolute Gasteiger partial charge is 0.358 e. The van der Waals surface area contributed by atoms with E-state index in [1.807, 2.05) is 17.0 Å². The molecule has 0 saturated heterocycles. The Kier molecular flexibility index (Phi) is 4.55. The molecule has 29 heavy (non-hydrogen) atoms. The molecule has 2 aromatic heterocycles. The lowest BCUT2D eigenvalue weighted by Gasteiger charge is -2.27. The van der Waals surface area contributed by atoms with Gasteiger partial charge < -0.3 is 9.88 Å². The van der Waals surface area contributed by atoms with Gasteiger partial charge in [-0.3, -0.25) is 9.89 Å². The SMILES string of the molecule is O=C(CSc1n[nH]c(-c2ccccc2F)n1)N1CCc2[nH]c3ccccc3c2C1. The van der Waals surface area contributed by atoms with Crippen molar-refractivity contribution in [3.63, 3.8) is 0 Å². The number of aromatic nitrogens is 4. The number of fused-ring (bicyclic) bond motifs is 3.